The third-order valence-corrected chi connectivity index (χ3v) is 3.71. The van der Waals surface area contributed by atoms with Gasteiger partial charge in [0.1, 0.15) is 23.0 Å². The molecule has 0 bridgehead atoms. The summed E-state index contributed by atoms with van der Waals surface area (Å²) in [7, 11) is 1.52. The fourth-order valence-electron chi connectivity index (χ4n) is 2.20. The number of pyridine rings is 1. The Morgan fingerprint density at radius 2 is 2.08 bits per heavy atom. The molecule has 1 aliphatic heterocycles. The predicted molar refractivity (Wildman–Crippen MR) is 93.8 cm³/mol. The average Bonchev–Trinajstić information content (AvgIpc) is 2.59. The first-order valence-electron chi connectivity index (χ1n) is 7.56. The Bertz CT molecular complexity index is 836. The lowest BCUT2D eigenvalue weighted by Gasteiger charge is -2.18. The number of rotatable bonds is 4. The van der Waals surface area contributed by atoms with E-state index in [4.69, 9.17) is 16.3 Å². The topological polar surface area (TPSA) is 83.9 Å². The highest BCUT2D eigenvalue weighted by Gasteiger charge is 2.22. The van der Waals surface area contributed by atoms with Crippen LogP contribution in [-0.2, 0) is 9.59 Å². The lowest BCUT2D eigenvalue weighted by molar-refractivity contribution is -0.130. The molecule has 2 aromatic rings. The van der Waals surface area contributed by atoms with Gasteiger partial charge in [-0.15, -0.1) is 0 Å². The first kappa shape index (κ1) is 16.9. The summed E-state index contributed by atoms with van der Waals surface area (Å²) in [5, 5.41) is 8.37. The minimum Gasteiger partial charge on any atom is -0.456 e. The minimum atomic E-state index is -0.379. The Balaban J connectivity index is 1.63. The molecule has 0 fully saturated rings. The maximum absolute atomic E-state index is 12.2. The van der Waals surface area contributed by atoms with Gasteiger partial charge in [-0.05, 0) is 30.3 Å². The summed E-state index contributed by atoms with van der Waals surface area (Å²) in [6.45, 7) is 0. The van der Waals surface area contributed by atoms with E-state index in [2.05, 4.69) is 15.4 Å². The first-order valence-corrected chi connectivity index (χ1v) is 7.94. The van der Waals surface area contributed by atoms with E-state index >= 15 is 0 Å². The fraction of sp³-hybridized carbons (Fsp3) is 0.176. The van der Waals surface area contributed by atoms with E-state index in [1.165, 1.54) is 18.3 Å². The van der Waals surface area contributed by atoms with Crippen molar-refractivity contribution in [3.05, 3.63) is 47.6 Å². The molecule has 0 saturated carbocycles. The highest BCUT2D eigenvalue weighted by Crippen LogP contribution is 2.24. The van der Waals surface area contributed by atoms with Crippen molar-refractivity contribution in [2.75, 3.05) is 12.4 Å². The van der Waals surface area contributed by atoms with Crippen LogP contribution in [0.15, 0.2) is 47.7 Å². The number of nitrogens with one attached hydrogen (secondary N) is 1. The minimum absolute atomic E-state index is 0.114. The van der Waals surface area contributed by atoms with Crippen LogP contribution in [0.3, 0.4) is 0 Å². The molecule has 0 unspecified atom stereocenters. The van der Waals surface area contributed by atoms with Gasteiger partial charge in [0.2, 0.25) is 5.91 Å². The van der Waals surface area contributed by atoms with Gasteiger partial charge in [-0.2, -0.15) is 5.10 Å². The molecule has 1 aliphatic rings. The van der Waals surface area contributed by atoms with E-state index in [-0.39, 0.29) is 18.2 Å². The second kappa shape index (κ2) is 7.31. The number of benzene rings is 1. The standard InChI is InChI=1S/C17H15ClN4O3/c1-22-16(23)8-6-14(21-22)17(24)20-15-7-5-13(10-19-15)25-12-4-2-3-11(18)9-12/h2-5,7,9-10H,6,8H2,1H3,(H,19,20,24). The monoisotopic (exact) mass is 358 g/mol. The molecule has 0 radical (unpaired) electrons. The van der Waals surface area contributed by atoms with Crippen LogP contribution in [-0.4, -0.2) is 34.6 Å². The Morgan fingerprint density at radius 1 is 1.24 bits per heavy atom. The van der Waals surface area contributed by atoms with Gasteiger partial charge in [0.05, 0.1) is 6.20 Å². The largest absolute Gasteiger partial charge is 0.456 e. The normalized spacial score (nSPS) is 14.1. The van der Waals surface area contributed by atoms with Gasteiger partial charge in [0, 0.05) is 24.9 Å². The molecule has 1 aromatic heterocycles. The number of hydrogen-bond donors (Lipinski definition) is 1. The Kier molecular flexibility index (Phi) is 4.95. The molecule has 1 N–H and O–H groups in total. The van der Waals surface area contributed by atoms with E-state index in [1.54, 1.807) is 36.4 Å². The van der Waals surface area contributed by atoms with Crippen molar-refractivity contribution in [1.82, 2.24) is 9.99 Å². The van der Waals surface area contributed by atoms with E-state index in [9.17, 15) is 9.59 Å². The zero-order chi connectivity index (χ0) is 17.8. The van der Waals surface area contributed by atoms with Gasteiger partial charge in [-0.3, -0.25) is 9.59 Å². The van der Waals surface area contributed by atoms with Crippen LogP contribution < -0.4 is 10.1 Å². The van der Waals surface area contributed by atoms with E-state index in [0.717, 1.165) is 0 Å². The van der Waals surface area contributed by atoms with Gasteiger partial charge >= 0.3 is 0 Å². The summed E-state index contributed by atoms with van der Waals surface area (Å²) in [6.07, 6.45) is 2.07. The number of halogens is 1. The number of carbonyl (C=O) groups is 2. The van der Waals surface area contributed by atoms with Crippen LogP contribution in [0.4, 0.5) is 5.82 Å². The van der Waals surface area contributed by atoms with Crippen molar-refractivity contribution in [2.24, 2.45) is 5.10 Å². The third kappa shape index (κ3) is 4.33. The van der Waals surface area contributed by atoms with Gasteiger partial charge in [-0.1, -0.05) is 17.7 Å². The van der Waals surface area contributed by atoms with Crippen LogP contribution in [0.1, 0.15) is 12.8 Å². The number of nitrogens with zero attached hydrogens (tertiary/aromatic N) is 3. The first-order chi connectivity index (χ1) is 12.0. The zero-order valence-corrected chi connectivity index (χ0v) is 14.2. The molecule has 1 aromatic carbocycles. The van der Waals surface area contributed by atoms with Crippen molar-refractivity contribution < 1.29 is 14.3 Å². The van der Waals surface area contributed by atoms with E-state index in [0.29, 0.717) is 34.5 Å². The fourth-order valence-corrected chi connectivity index (χ4v) is 2.38. The highest BCUT2D eigenvalue weighted by molar-refractivity contribution is 6.43. The number of hydrogen-bond acceptors (Lipinski definition) is 5. The molecular weight excluding hydrogens is 344 g/mol. The van der Waals surface area contributed by atoms with Crippen molar-refractivity contribution in [3.63, 3.8) is 0 Å². The van der Waals surface area contributed by atoms with Crippen molar-refractivity contribution in [1.29, 1.82) is 0 Å². The smallest absolute Gasteiger partial charge is 0.273 e. The Labute approximate surface area is 149 Å². The summed E-state index contributed by atoms with van der Waals surface area (Å²) in [6, 6.07) is 10.3. The average molecular weight is 359 g/mol. The molecule has 0 aliphatic carbocycles. The molecule has 2 amide bonds. The second-order valence-electron chi connectivity index (χ2n) is 5.36. The zero-order valence-electron chi connectivity index (χ0n) is 13.4. The molecule has 2 heterocycles. The van der Waals surface area contributed by atoms with Crippen molar-refractivity contribution in [3.8, 4) is 11.5 Å². The summed E-state index contributed by atoms with van der Waals surface area (Å²) >= 11 is 5.91. The van der Waals surface area contributed by atoms with E-state index < -0.39 is 0 Å². The molecule has 0 spiro atoms. The number of ether oxygens (including phenoxy) is 1. The highest BCUT2D eigenvalue weighted by atomic mass is 35.5. The Hall–Kier alpha value is -2.93. The number of amides is 2. The summed E-state index contributed by atoms with van der Waals surface area (Å²) in [4.78, 5) is 27.7. The lowest BCUT2D eigenvalue weighted by Crippen LogP contribution is -2.34. The molecule has 128 valence electrons. The van der Waals surface area contributed by atoms with Gasteiger partial charge in [0.25, 0.3) is 5.91 Å². The van der Waals surface area contributed by atoms with Gasteiger partial charge in [-0.25, -0.2) is 9.99 Å². The molecular formula is C17H15ClN4O3. The predicted octanol–water partition coefficient (Wildman–Crippen LogP) is 3.07. The van der Waals surface area contributed by atoms with Crippen LogP contribution in [0, 0.1) is 0 Å². The van der Waals surface area contributed by atoms with Crippen LogP contribution in [0.25, 0.3) is 0 Å². The SMILES string of the molecule is CN1N=C(C(=O)Nc2ccc(Oc3cccc(Cl)c3)cn2)CCC1=O. The van der Waals surface area contributed by atoms with E-state index in [1.807, 2.05) is 0 Å². The molecule has 25 heavy (non-hydrogen) atoms. The van der Waals surface area contributed by atoms with Crippen LogP contribution in [0.2, 0.25) is 5.02 Å². The van der Waals surface area contributed by atoms with Gasteiger partial charge in [0.15, 0.2) is 0 Å². The number of anilines is 1. The molecule has 7 nitrogen and oxygen atoms in total. The number of aromatic nitrogens is 1. The van der Waals surface area contributed by atoms with Gasteiger partial charge < -0.3 is 10.1 Å². The summed E-state index contributed by atoms with van der Waals surface area (Å²) in [5.41, 5.74) is 0.295. The molecule has 0 atom stereocenters. The maximum Gasteiger partial charge on any atom is 0.273 e. The third-order valence-electron chi connectivity index (χ3n) is 3.48. The lowest BCUT2D eigenvalue weighted by atomic mass is 10.1. The van der Waals surface area contributed by atoms with Crippen molar-refractivity contribution in [2.45, 2.75) is 12.8 Å². The van der Waals surface area contributed by atoms with Crippen LogP contribution in [0.5, 0.6) is 11.5 Å². The maximum atomic E-state index is 12.2. The molecule has 3 rings (SSSR count). The molecule has 8 heteroatoms. The second-order valence-corrected chi connectivity index (χ2v) is 5.79. The summed E-state index contributed by atoms with van der Waals surface area (Å²) < 4.78 is 5.63. The number of carbonyl (C=O) groups excluding carboxylic acids is 2. The van der Waals surface area contributed by atoms with Crippen LogP contribution >= 0.6 is 11.6 Å². The molecule has 0 saturated heterocycles. The van der Waals surface area contributed by atoms with Crippen molar-refractivity contribution >= 4 is 34.9 Å². The quantitative estimate of drug-likeness (QED) is 0.910. The number of hydrazone groups is 1. The Morgan fingerprint density at radius 3 is 2.76 bits per heavy atom. The summed E-state index contributed by atoms with van der Waals surface area (Å²) in [5.74, 6) is 0.981.